The number of rotatable bonds is 13. The van der Waals surface area contributed by atoms with E-state index in [1.807, 2.05) is 42.5 Å². The zero-order chi connectivity index (χ0) is 26.9. The lowest BCUT2D eigenvalue weighted by Gasteiger charge is -2.21. The van der Waals surface area contributed by atoms with E-state index in [4.69, 9.17) is 0 Å². The minimum absolute atomic E-state index is 0.0477. The number of benzene rings is 3. The molecule has 0 unspecified atom stereocenters. The van der Waals surface area contributed by atoms with E-state index in [9.17, 15) is 4.79 Å². The van der Waals surface area contributed by atoms with Gasteiger partial charge in [0.1, 0.15) is 5.82 Å². The molecule has 1 N–H and O–H groups in total. The maximum absolute atomic E-state index is 15.2. The second-order valence-corrected chi connectivity index (χ2v) is 10.1. The van der Waals surface area contributed by atoms with Crippen LogP contribution in [0.15, 0.2) is 85.1 Å². The molecule has 3 aromatic carbocycles. The van der Waals surface area contributed by atoms with E-state index in [1.54, 1.807) is 6.07 Å². The zero-order valence-electron chi connectivity index (χ0n) is 22.9. The Morgan fingerprint density at radius 2 is 1.61 bits per heavy atom. The number of amides is 1. The van der Waals surface area contributed by atoms with E-state index < -0.39 is 0 Å². The quantitative estimate of drug-likeness (QED) is 0.209. The van der Waals surface area contributed by atoms with Crippen molar-refractivity contribution in [3.8, 4) is 0 Å². The Morgan fingerprint density at radius 3 is 2.34 bits per heavy atom. The number of nitrogens with one attached hydrogen (secondary N) is 1. The van der Waals surface area contributed by atoms with E-state index in [0.29, 0.717) is 12.1 Å². The van der Waals surface area contributed by atoms with Gasteiger partial charge in [-0.2, -0.15) is 0 Å². The summed E-state index contributed by atoms with van der Waals surface area (Å²) in [6.45, 7) is 10.2. The number of halogens is 1. The lowest BCUT2D eigenvalue weighted by molar-refractivity contribution is -0.121. The fourth-order valence-corrected chi connectivity index (χ4v) is 5.36. The fraction of sp³-hybridized carbons (Fsp3) is 0.364. The summed E-state index contributed by atoms with van der Waals surface area (Å²) in [6, 6.07) is 25.4. The molecule has 0 fully saturated rings. The molecule has 0 radical (unpaired) electrons. The largest absolute Gasteiger partial charge is 0.354 e. The van der Waals surface area contributed by atoms with Gasteiger partial charge in [0.05, 0.1) is 0 Å². The van der Waals surface area contributed by atoms with Crippen molar-refractivity contribution in [1.82, 2.24) is 14.8 Å². The van der Waals surface area contributed by atoms with Crippen molar-refractivity contribution in [1.29, 1.82) is 0 Å². The smallest absolute Gasteiger partial charge is 0.221 e. The third kappa shape index (κ3) is 6.90. The molecule has 0 aliphatic heterocycles. The summed E-state index contributed by atoms with van der Waals surface area (Å²) in [4.78, 5) is 15.7. The third-order valence-corrected chi connectivity index (χ3v) is 7.47. The molecule has 0 bridgehead atoms. The highest BCUT2D eigenvalue weighted by atomic mass is 19.1. The van der Waals surface area contributed by atoms with Crippen LogP contribution in [0.5, 0.6) is 0 Å². The van der Waals surface area contributed by atoms with E-state index >= 15 is 4.39 Å². The van der Waals surface area contributed by atoms with Crippen molar-refractivity contribution in [3.05, 3.63) is 108 Å². The first-order valence-corrected chi connectivity index (χ1v) is 13.9. The Balaban J connectivity index is 1.59. The van der Waals surface area contributed by atoms with Gasteiger partial charge in [-0.3, -0.25) is 4.79 Å². The highest BCUT2D eigenvalue weighted by Crippen LogP contribution is 2.36. The number of fused-ring (bicyclic) bond motifs is 1. The Hall–Kier alpha value is -3.44. The number of aromatic nitrogens is 1. The number of carbonyl (C=O) groups excluding carboxylic acids is 1. The van der Waals surface area contributed by atoms with Gasteiger partial charge in [-0.25, -0.2) is 4.39 Å². The molecular formula is C33H40FN3O. The first-order valence-electron chi connectivity index (χ1n) is 13.9. The van der Waals surface area contributed by atoms with Crippen molar-refractivity contribution in [3.63, 3.8) is 0 Å². The monoisotopic (exact) mass is 513 g/mol. The first kappa shape index (κ1) is 27.6. The lowest BCUT2D eigenvalue weighted by atomic mass is 9.87. The summed E-state index contributed by atoms with van der Waals surface area (Å²) in [5.41, 5.74) is 3.81. The van der Waals surface area contributed by atoms with E-state index in [2.05, 4.69) is 66.0 Å². The standard InChI is InChI=1S/C33H40FN3O/c1-4-36(5-2)21-13-14-25(3)35-33(38)22-29(27-17-9-11-19-31(27)34)30-24-37(23-26-15-7-6-8-16-26)32-20-12-10-18-28(30)32/h6-12,15-20,24-25,29H,4-5,13-14,21-23H2,1-3H3,(H,35,38)/t25-,29-/m0/s1. The predicted octanol–water partition coefficient (Wildman–Crippen LogP) is 6.98. The van der Waals surface area contributed by atoms with Gasteiger partial charge in [-0.05, 0) is 68.2 Å². The number of para-hydroxylation sites is 1. The average Bonchev–Trinajstić information content (AvgIpc) is 3.29. The molecule has 38 heavy (non-hydrogen) atoms. The van der Waals surface area contributed by atoms with E-state index in [1.165, 1.54) is 11.6 Å². The van der Waals surface area contributed by atoms with Crippen LogP contribution in [0.25, 0.3) is 10.9 Å². The fourth-order valence-electron chi connectivity index (χ4n) is 5.36. The Morgan fingerprint density at radius 1 is 0.921 bits per heavy atom. The second kappa shape index (κ2) is 13.4. The van der Waals surface area contributed by atoms with Crippen LogP contribution in [0.4, 0.5) is 4.39 Å². The van der Waals surface area contributed by atoms with Gasteiger partial charge in [0.2, 0.25) is 5.91 Å². The van der Waals surface area contributed by atoms with Crippen LogP contribution in [0, 0.1) is 5.82 Å². The SMILES string of the molecule is CCN(CC)CCC[C@H](C)NC(=O)C[C@@H](c1ccccc1F)c1cn(Cc2ccccc2)c2ccccc12. The van der Waals surface area contributed by atoms with E-state index in [-0.39, 0.29) is 30.1 Å². The van der Waals surface area contributed by atoms with Gasteiger partial charge in [-0.15, -0.1) is 0 Å². The molecule has 0 aliphatic carbocycles. The van der Waals surface area contributed by atoms with Crippen LogP contribution >= 0.6 is 0 Å². The molecule has 1 heterocycles. The number of hydrogen-bond acceptors (Lipinski definition) is 2. The summed E-state index contributed by atoms with van der Waals surface area (Å²) in [7, 11) is 0. The molecule has 4 rings (SSSR count). The van der Waals surface area contributed by atoms with Gasteiger partial charge in [0.25, 0.3) is 0 Å². The third-order valence-electron chi connectivity index (χ3n) is 7.47. The molecule has 200 valence electrons. The number of hydrogen-bond donors (Lipinski definition) is 1. The van der Waals surface area contributed by atoms with Gasteiger partial charge in [0.15, 0.2) is 0 Å². The molecular weight excluding hydrogens is 473 g/mol. The topological polar surface area (TPSA) is 37.3 Å². The average molecular weight is 514 g/mol. The van der Waals surface area contributed by atoms with Crippen LogP contribution in [0.2, 0.25) is 0 Å². The van der Waals surface area contributed by atoms with Crippen LogP contribution < -0.4 is 5.32 Å². The van der Waals surface area contributed by atoms with Crippen molar-refractivity contribution in [2.75, 3.05) is 19.6 Å². The van der Waals surface area contributed by atoms with Crippen LogP contribution in [0.1, 0.15) is 62.6 Å². The molecule has 1 amide bonds. The van der Waals surface area contributed by atoms with Crippen molar-refractivity contribution >= 4 is 16.8 Å². The Kier molecular flexibility index (Phi) is 9.72. The molecule has 0 saturated carbocycles. The molecule has 4 nitrogen and oxygen atoms in total. The zero-order valence-corrected chi connectivity index (χ0v) is 22.9. The maximum Gasteiger partial charge on any atom is 0.221 e. The van der Waals surface area contributed by atoms with Gasteiger partial charge in [-0.1, -0.05) is 80.6 Å². The molecule has 2 atom stereocenters. The minimum atomic E-state index is -0.388. The minimum Gasteiger partial charge on any atom is -0.354 e. The molecule has 0 saturated heterocycles. The van der Waals surface area contributed by atoms with Gasteiger partial charge < -0.3 is 14.8 Å². The molecule has 4 aromatic rings. The lowest BCUT2D eigenvalue weighted by Crippen LogP contribution is -2.34. The summed E-state index contributed by atoms with van der Waals surface area (Å²) in [5, 5.41) is 4.24. The maximum atomic E-state index is 15.2. The van der Waals surface area contributed by atoms with Gasteiger partial charge in [0, 0.05) is 42.0 Å². The van der Waals surface area contributed by atoms with Crippen molar-refractivity contribution in [2.45, 2.75) is 58.5 Å². The van der Waals surface area contributed by atoms with Crippen LogP contribution in [-0.4, -0.2) is 41.1 Å². The second-order valence-electron chi connectivity index (χ2n) is 10.1. The first-order chi connectivity index (χ1) is 18.5. The molecule has 0 aliphatic rings. The van der Waals surface area contributed by atoms with Crippen LogP contribution in [-0.2, 0) is 11.3 Å². The number of carbonyl (C=O) groups is 1. The van der Waals surface area contributed by atoms with Gasteiger partial charge >= 0.3 is 0 Å². The summed E-state index contributed by atoms with van der Waals surface area (Å²) >= 11 is 0. The number of nitrogens with zero attached hydrogens (tertiary/aromatic N) is 2. The molecule has 1 aromatic heterocycles. The predicted molar refractivity (Wildman–Crippen MR) is 155 cm³/mol. The van der Waals surface area contributed by atoms with Crippen molar-refractivity contribution < 1.29 is 9.18 Å². The molecule has 0 spiro atoms. The summed E-state index contributed by atoms with van der Waals surface area (Å²) in [6.07, 6.45) is 4.26. The highest BCUT2D eigenvalue weighted by molar-refractivity contribution is 5.87. The van der Waals surface area contributed by atoms with Crippen LogP contribution in [0.3, 0.4) is 0 Å². The Labute approximate surface area is 226 Å². The normalized spacial score (nSPS) is 13.1. The van der Waals surface area contributed by atoms with Crippen molar-refractivity contribution in [2.24, 2.45) is 0 Å². The Bertz CT molecular complexity index is 1310. The molecule has 5 heteroatoms. The van der Waals surface area contributed by atoms with E-state index in [0.717, 1.165) is 48.9 Å². The summed E-state index contributed by atoms with van der Waals surface area (Å²) in [5.74, 6) is -0.716. The highest BCUT2D eigenvalue weighted by Gasteiger charge is 2.25. The summed E-state index contributed by atoms with van der Waals surface area (Å²) < 4.78 is 17.4.